The van der Waals surface area contributed by atoms with E-state index in [4.69, 9.17) is 15.5 Å². The average Bonchev–Trinajstić information content (AvgIpc) is 2.92. The number of nitrogens with two attached hydrogens (primary N) is 1. The van der Waals surface area contributed by atoms with Gasteiger partial charge in [0.05, 0.1) is 29.3 Å². The molecule has 1 aromatic carbocycles. The molecular formula is C16H23N3O. The van der Waals surface area contributed by atoms with Crippen molar-refractivity contribution in [1.29, 1.82) is 0 Å². The van der Waals surface area contributed by atoms with Crippen molar-refractivity contribution >= 4 is 11.0 Å². The van der Waals surface area contributed by atoms with Gasteiger partial charge in [-0.1, -0.05) is 12.1 Å². The van der Waals surface area contributed by atoms with Crippen LogP contribution in [-0.4, -0.2) is 27.8 Å². The standard InChI is InChI=1S/C16H23N3O/c1-16(2)9-7-12(20-16)11-19-14-6-4-3-5-13(14)18-15(19)8-10-17/h3-6,12H,7-11,17H2,1-2H3. The summed E-state index contributed by atoms with van der Waals surface area (Å²) in [6.45, 7) is 5.83. The molecule has 2 heterocycles. The Labute approximate surface area is 119 Å². The van der Waals surface area contributed by atoms with Gasteiger partial charge in [-0.3, -0.25) is 0 Å². The number of rotatable bonds is 4. The molecule has 2 N–H and O–H groups in total. The monoisotopic (exact) mass is 273 g/mol. The Hall–Kier alpha value is -1.39. The number of hydrogen-bond donors (Lipinski definition) is 1. The molecule has 1 aromatic heterocycles. The molecule has 4 nitrogen and oxygen atoms in total. The van der Waals surface area contributed by atoms with Crippen molar-refractivity contribution in [1.82, 2.24) is 9.55 Å². The topological polar surface area (TPSA) is 53.1 Å². The Bertz CT molecular complexity index is 603. The van der Waals surface area contributed by atoms with Gasteiger partial charge in [0.15, 0.2) is 0 Å². The lowest BCUT2D eigenvalue weighted by Gasteiger charge is -2.20. The van der Waals surface area contributed by atoms with Crippen LogP contribution in [0.15, 0.2) is 24.3 Å². The van der Waals surface area contributed by atoms with Crippen LogP contribution in [0.25, 0.3) is 11.0 Å². The molecule has 108 valence electrons. The highest BCUT2D eigenvalue weighted by molar-refractivity contribution is 5.75. The van der Waals surface area contributed by atoms with E-state index < -0.39 is 0 Å². The van der Waals surface area contributed by atoms with Crippen LogP contribution < -0.4 is 5.73 Å². The smallest absolute Gasteiger partial charge is 0.111 e. The van der Waals surface area contributed by atoms with Gasteiger partial charge in [-0.2, -0.15) is 0 Å². The number of hydrogen-bond acceptors (Lipinski definition) is 3. The molecule has 0 saturated carbocycles. The summed E-state index contributed by atoms with van der Waals surface area (Å²) in [6.07, 6.45) is 3.32. The Morgan fingerprint density at radius 2 is 2.20 bits per heavy atom. The zero-order valence-electron chi connectivity index (χ0n) is 12.3. The Balaban J connectivity index is 1.91. The van der Waals surface area contributed by atoms with Crippen LogP contribution >= 0.6 is 0 Å². The third kappa shape index (κ3) is 2.58. The lowest BCUT2D eigenvalue weighted by molar-refractivity contribution is -0.0215. The van der Waals surface area contributed by atoms with Crippen LogP contribution in [0.5, 0.6) is 0 Å². The van der Waals surface area contributed by atoms with Crippen molar-refractivity contribution in [3.05, 3.63) is 30.1 Å². The summed E-state index contributed by atoms with van der Waals surface area (Å²) in [4.78, 5) is 4.71. The number of para-hydroxylation sites is 2. The van der Waals surface area contributed by atoms with Crippen molar-refractivity contribution in [2.45, 2.75) is 51.4 Å². The van der Waals surface area contributed by atoms with Gasteiger partial charge < -0.3 is 15.0 Å². The molecule has 1 saturated heterocycles. The first-order valence-corrected chi connectivity index (χ1v) is 7.41. The predicted octanol–water partition coefficient (Wildman–Crippen LogP) is 2.50. The first kappa shape index (κ1) is 13.6. The molecule has 0 amide bonds. The van der Waals surface area contributed by atoms with Crippen molar-refractivity contribution in [2.75, 3.05) is 6.54 Å². The molecule has 0 radical (unpaired) electrons. The van der Waals surface area contributed by atoms with Crippen molar-refractivity contribution in [2.24, 2.45) is 5.73 Å². The molecule has 1 fully saturated rings. The molecule has 0 bridgehead atoms. The second-order valence-electron chi connectivity index (χ2n) is 6.20. The second kappa shape index (κ2) is 5.19. The summed E-state index contributed by atoms with van der Waals surface area (Å²) in [7, 11) is 0. The summed E-state index contributed by atoms with van der Waals surface area (Å²) < 4.78 is 8.41. The number of imidazole rings is 1. The minimum absolute atomic E-state index is 0.00901. The van der Waals surface area contributed by atoms with Crippen molar-refractivity contribution in [3.8, 4) is 0 Å². The Morgan fingerprint density at radius 3 is 2.90 bits per heavy atom. The number of fused-ring (bicyclic) bond motifs is 1. The minimum Gasteiger partial charge on any atom is -0.370 e. The number of benzene rings is 1. The van der Waals surface area contributed by atoms with Gasteiger partial charge in [0, 0.05) is 6.42 Å². The minimum atomic E-state index is 0.00901. The number of aromatic nitrogens is 2. The van der Waals surface area contributed by atoms with Gasteiger partial charge in [-0.15, -0.1) is 0 Å². The van der Waals surface area contributed by atoms with Gasteiger partial charge in [0.25, 0.3) is 0 Å². The summed E-state index contributed by atoms with van der Waals surface area (Å²) in [5.74, 6) is 1.07. The van der Waals surface area contributed by atoms with Crippen molar-refractivity contribution < 1.29 is 4.74 Å². The number of ether oxygens (including phenoxy) is 1. The van der Waals surface area contributed by atoms with E-state index in [0.717, 1.165) is 37.1 Å². The molecule has 1 aliphatic rings. The fourth-order valence-corrected chi connectivity index (χ4v) is 3.06. The lowest BCUT2D eigenvalue weighted by atomic mass is 10.1. The van der Waals surface area contributed by atoms with Gasteiger partial charge in [-0.25, -0.2) is 4.98 Å². The lowest BCUT2D eigenvalue weighted by Crippen LogP contribution is -2.24. The quantitative estimate of drug-likeness (QED) is 0.931. The van der Waals surface area contributed by atoms with E-state index in [1.54, 1.807) is 0 Å². The normalized spacial score (nSPS) is 21.6. The van der Waals surface area contributed by atoms with Gasteiger partial charge in [0.2, 0.25) is 0 Å². The van der Waals surface area contributed by atoms with Crippen LogP contribution in [0.3, 0.4) is 0 Å². The van der Waals surface area contributed by atoms with Crippen molar-refractivity contribution in [3.63, 3.8) is 0 Å². The highest BCUT2D eigenvalue weighted by Crippen LogP contribution is 2.31. The maximum Gasteiger partial charge on any atom is 0.111 e. The fourth-order valence-electron chi connectivity index (χ4n) is 3.06. The largest absolute Gasteiger partial charge is 0.370 e. The second-order valence-corrected chi connectivity index (χ2v) is 6.20. The van der Waals surface area contributed by atoms with Crippen LogP contribution in [-0.2, 0) is 17.7 Å². The van der Waals surface area contributed by atoms with Gasteiger partial charge >= 0.3 is 0 Å². The highest BCUT2D eigenvalue weighted by Gasteiger charge is 2.32. The first-order valence-electron chi connectivity index (χ1n) is 7.41. The molecule has 0 spiro atoms. The molecule has 1 atom stereocenters. The van der Waals surface area contributed by atoms with Crippen LogP contribution in [0.1, 0.15) is 32.5 Å². The zero-order chi connectivity index (χ0) is 14.2. The maximum absolute atomic E-state index is 6.12. The average molecular weight is 273 g/mol. The molecule has 0 aliphatic carbocycles. The third-order valence-electron chi connectivity index (χ3n) is 4.04. The summed E-state index contributed by atoms with van der Waals surface area (Å²) in [6, 6.07) is 8.28. The maximum atomic E-state index is 6.12. The van der Waals surface area contributed by atoms with E-state index in [2.05, 4.69) is 36.6 Å². The molecule has 4 heteroatoms. The van der Waals surface area contributed by atoms with E-state index in [1.165, 1.54) is 5.52 Å². The van der Waals surface area contributed by atoms with E-state index >= 15 is 0 Å². The van der Waals surface area contributed by atoms with Gasteiger partial charge in [-0.05, 0) is 45.4 Å². The molecule has 1 aliphatic heterocycles. The van der Waals surface area contributed by atoms with Crippen LogP contribution in [0, 0.1) is 0 Å². The molecule has 1 unspecified atom stereocenters. The summed E-state index contributed by atoms with van der Waals surface area (Å²) in [5, 5.41) is 0. The Kier molecular flexibility index (Phi) is 3.52. The molecule has 3 rings (SSSR count). The Morgan fingerprint density at radius 1 is 1.40 bits per heavy atom. The fraction of sp³-hybridized carbons (Fsp3) is 0.562. The molecule has 2 aromatic rings. The summed E-state index contributed by atoms with van der Waals surface area (Å²) >= 11 is 0. The first-order chi connectivity index (χ1) is 9.59. The SMILES string of the molecule is CC1(C)CCC(Cn2c(CCN)nc3ccccc32)O1. The van der Waals surface area contributed by atoms with E-state index in [-0.39, 0.29) is 11.7 Å². The number of nitrogens with zero attached hydrogens (tertiary/aromatic N) is 2. The van der Waals surface area contributed by atoms with E-state index in [1.807, 2.05) is 6.07 Å². The van der Waals surface area contributed by atoms with Crippen LogP contribution in [0.4, 0.5) is 0 Å². The van der Waals surface area contributed by atoms with E-state index in [0.29, 0.717) is 6.54 Å². The molecule has 20 heavy (non-hydrogen) atoms. The van der Waals surface area contributed by atoms with E-state index in [9.17, 15) is 0 Å². The third-order valence-corrected chi connectivity index (χ3v) is 4.04. The van der Waals surface area contributed by atoms with Gasteiger partial charge in [0.1, 0.15) is 5.82 Å². The van der Waals surface area contributed by atoms with Crippen LogP contribution in [0.2, 0.25) is 0 Å². The summed E-state index contributed by atoms with van der Waals surface area (Å²) in [5.41, 5.74) is 7.96. The predicted molar refractivity (Wildman–Crippen MR) is 80.7 cm³/mol. The highest BCUT2D eigenvalue weighted by atomic mass is 16.5. The molecular weight excluding hydrogens is 250 g/mol. The zero-order valence-corrected chi connectivity index (χ0v) is 12.3.